The maximum absolute atomic E-state index is 12.5. The number of aliphatic hydroxyl groups is 1. The lowest BCUT2D eigenvalue weighted by Crippen LogP contribution is -2.48. The molecule has 1 aliphatic rings. The summed E-state index contributed by atoms with van der Waals surface area (Å²) < 4.78 is 16.1. The summed E-state index contributed by atoms with van der Waals surface area (Å²) in [7, 11) is 0. The monoisotopic (exact) mass is 331 g/mol. The molecule has 1 N–H and O–H groups in total. The molecule has 2 aromatic heterocycles. The smallest absolute Gasteiger partial charge is 0.247 e. The van der Waals surface area contributed by atoms with E-state index in [4.69, 9.17) is 13.6 Å². The highest BCUT2D eigenvalue weighted by Crippen LogP contribution is 2.23. The molecule has 0 aromatic carbocycles. The van der Waals surface area contributed by atoms with E-state index in [-0.39, 0.29) is 11.9 Å². The fourth-order valence-electron chi connectivity index (χ4n) is 2.79. The minimum Gasteiger partial charge on any atom is -0.467 e. The minimum absolute atomic E-state index is 0.121. The predicted molar refractivity (Wildman–Crippen MR) is 87.1 cm³/mol. The van der Waals surface area contributed by atoms with E-state index in [1.54, 1.807) is 23.1 Å². The molecule has 2 aromatic rings. The van der Waals surface area contributed by atoms with Gasteiger partial charge in [-0.25, -0.2) is 0 Å². The molecular formula is C18H21NO5. The molecule has 1 amide bonds. The van der Waals surface area contributed by atoms with Gasteiger partial charge < -0.3 is 23.6 Å². The van der Waals surface area contributed by atoms with Crippen molar-refractivity contribution in [2.45, 2.75) is 25.5 Å². The fourth-order valence-corrected chi connectivity index (χ4v) is 2.79. The molecule has 3 rings (SSSR count). The van der Waals surface area contributed by atoms with Gasteiger partial charge in [0.15, 0.2) is 0 Å². The van der Waals surface area contributed by atoms with Crippen molar-refractivity contribution in [3.63, 3.8) is 0 Å². The number of amides is 1. The first-order valence-electron chi connectivity index (χ1n) is 7.98. The molecular weight excluding hydrogens is 310 g/mol. The van der Waals surface area contributed by atoms with Crippen LogP contribution in [0, 0.1) is 6.92 Å². The first-order valence-corrected chi connectivity index (χ1v) is 7.98. The Morgan fingerprint density at radius 1 is 1.46 bits per heavy atom. The molecule has 1 saturated heterocycles. The van der Waals surface area contributed by atoms with E-state index in [1.807, 2.05) is 19.1 Å². The molecule has 0 aliphatic carbocycles. The summed E-state index contributed by atoms with van der Waals surface area (Å²) >= 11 is 0. The molecule has 0 bridgehead atoms. The lowest BCUT2D eigenvalue weighted by atomic mass is 10.1. The molecule has 6 heteroatoms. The number of nitrogens with zero attached hydrogens (tertiary/aromatic N) is 1. The highest BCUT2D eigenvalue weighted by atomic mass is 16.5. The second-order valence-corrected chi connectivity index (χ2v) is 5.81. The van der Waals surface area contributed by atoms with Gasteiger partial charge in [0, 0.05) is 19.0 Å². The van der Waals surface area contributed by atoms with Gasteiger partial charge in [-0.2, -0.15) is 0 Å². The average molecular weight is 331 g/mol. The summed E-state index contributed by atoms with van der Waals surface area (Å²) in [6.07, 6.45) is 4.28. The first-order chi connectivity index (χ1) is 11.6. The highest BCUT2D eigenvalue weighted by Gasteiger charge is 2.29. The Morgan fingerprint density at radius 2 is 2.33 bits per heavy atom. The molecule has 6 nitrogen and oxygen atoms in total. The number of furan rings is 2. The molecule has 1 fully saturated rings. The number of morpholine rings is 1. The predicted octanol–water partition coefficient (Wildman–Crippen LogP) is 2.55. The number of carbonyl (C=O) groups is 1. The fraction of sp³-hybridized carbons (Fsp3) is 0.389. The number of ether oxygens (including phenoxy) is 1. The van der Waals surface area contributed by atoms with Gasteiger partial charge in [-0.05, 0) is 37.3 Å². The van der Waals surface area contributed by atoms with Gasteiger partial charge in [0.2, 0.25) is 5.91 Å². The summed E-state index contributed by atoms with van der Waals surface area (Å²) in [4.78, 5) is 14.2. The Kier molecular flexibility index (Phi) is 5.17. The van der Waals surface area contributed by atoms with E-state index in [1.165, 1.54) is 12.3 Å². The first kappa shape index (κ1) is 16.5. The van der Waals surface area contributed by atoms with E-state index in [0.717, 1.165) is 5.76 Å². The van der Waals surface area contributed by atoms with Crippen molar-refractivity contribution >= 4 is 12.0 Å². The van der Waals surface area contributed by atoms with Gasteiger partial charge in [-0.15, -0.1) is 0 Å². The molecule has 128 valence electrons. The van der Waals surface area contributed by atoms with Crippen molar-refractivity contribution in [2.24, 2.45) is 0 Å². The van der Waals surface area contributed by atoms with E-state index in [2.05, 4.69) is 0 Å². The average Bonchev–Trinajstić information content (AvgIpc) is 3.25. The van der Waals surface area contributed by atoms with Crippen molar-refractivity contribution < 1.29 is 23.5 Å². The van der Waals surface area contributed by atoms with Gasteiger partial charge in [0.05, 0.1) is 25.5 Å². The zero-order valence-electron chi connectivity index (χ0n) is 13.6. The van der Waals surface area contributed by atoms with E-state index in [0.29, 0.717) is 37.7 Å². The third-order valence-electron chi connectivity index (χ3n) is 4.03. The van der Waals surface area contributed by atoms with Crippen molar-refractivity contribution in [1.82, 2.24) is 4.90 Å². The molecule has 24 heavy (non-hydrogen) atoms. The van der Waals surface area contributed by atoms with Crippen LogP contribution in [0.15, 0.2) is 45.4 Å². The molecule has 1 aliphatic heterocycles. The van der Waals surface area contributed by atoms with Crippen LogP contribution >= 0.6 is 0 Å². The van der Waals surface area contributed by atoms with Crippen LogP contribution in [0.3, 0.4) is 0 Å². The van der Waals surface area contributed by atoms with Gasteiger partial charge in [-0.1, -0.05) is 0 Å². The van der Waals surface area contributed by atoms with E-state index in [9.17, 15) is 9.90 Å². The zero-order valence-corrected chi connectivity index (χ0v) is 13.6. The van der Waals surface area contributed by atoms with Crippen LogP contribution in [-0.4, -0.2) is 41.7 Å². The highest BCUT2D eigenvalue weighted by molar-refractivity contribution is 5.91. The van der Waals surface area contributed by atoms with Crippen LogP contribution in [0.5, 0.6) is 0 Å². The van der Waals surface area contributed by atoms with Crippen molar-refractivity contribution in [2.75, 3.05) is 19.8 Å². The Labute approximate surface area is 140 Å². The van der Waals surface area contributed by atoms with Crippen LogP contribution in [0.2, 0.25) is 0 Å². The topological polar surface area (TPSA) is 76.1 Å². The van der Waals surface area contributed by atoms with Crippen molar-refractivity contribution in [3.8, 4) is 0 Å². The number of aryl methyl sites for hydroxylation is 1. The zero-order chi connectivity index (χ0) is 16.9. The molecule has 3 heterocycles. The summed E-state index contributed by atoms with van der Waals surface area (Å²) in [6.45, 7) is 3.24. The lowest BCUT2D eigenvalue weighted by Gasteiger charge is -2.35. The quantitative estimate of drug-likeness (QED) is 0.852. The van der Waals surface area contributed by atoms with E-state index < -0.39 is 6.10 Å². The largest absolute Gasteiger partial charge is 0.467 e. The van der Waals surface area contributed by atoms with E-state index >= 15 is 0 Å². The molecule has 0 spiro atoms. The van der Waals surface area contributed by atoms with Gasteiger partial charge in [0.25, 0.3) is 0 Å². The molecule has 2 atom stereocenters. The summed E-state index contributed by atoms with van der Waals surface area (Å²) in [5.41, 5.74) is 0. The summed E-state index contributed by atoms with van der Waals surface area (Å²) in [5.74, 6) is 1.81. The third kappa shape index (κ3) is 3.96. The number of hydrogen-bond donors (Lipinski definition) is 1. The second-order valence-electron chi connectivity index (χ2n) is 5.81. The maximum atomic E-state index is 12.5. The Morgan fingerprint density at radius 3 is 3.04 bits per heavy atom. The number of aliphatic hydroxyl groups excluding tert-OH is 1. The number of rotatable bonds is 5. The van der Waals surface area contributed by atoms with Crippen molar-refractivity contribution in [3.05, 3.63) is 53.9 Å². The second kappa shape index (κ2) is 7.51. The van der Waals surface area contributed by atoms with Gasteiger partial charge in [-0.3, -0.25) is 4.79 Å². The van der Waals surface area contributed by atoms with Crippen LogP contribution in [0.1, 0.15) is 29.8 Å². The molecule has 2 unspecified atom stereocenters. The van der Waals surface area contributed by atoms with Gasteiger partial charge >= 0.3 is 0 Å². The summed E-state index contributed by atoms with van der Waals surface area (Å²) in [6, 6.07) is 6.92. The number of carbonyl (C=O) groups excluding carboxylic acids is 1. The maximum Gasteiger partial charge on any atom is 0.247 e. The minimum atomic E-state index is -0.765. The lowest BCUT2D eigenvalue weighted by molar-refractivity contribution is -0.135. The Balaban J connectivity index is 1.65. The van der Waals surface area contributed by atoms with Crippen LogP contribution in [0.4, 0.5) is 0 Å². The van der Waals surface area contributed by atoms with Crippen molar-refractivity contribution in [1.29, 1.82) is 0 Å². The summed E-state index contributed by atoms with van der Waals surface area (Å²) in [5, 5.41) is 10.3. The standard InChI is InChI=1S/C18H21NO5/c1-13-4-5-15(24-13)6-7-18(21)19-8-10-22-12-14(19)11-16(20)17-3-2-9-23-17/h2-7,9,14,16,20H,8,10-12H2,1H3/b7-6+. The molecule has 0 radical (unpaired) electrons. The SMILES string of the molecule is Cc1ccc(/C=C/C(=O)N2CCOCC2CC(O)c2ccco2)o1. The van der Waals surface area contributed by atoms with Crippen LogP contribution in [0.25, 0.3) is 6.08 Å². The Hall–Kier alpha value is -2.31. The van der Waals surface area contributed by atoms with Crippen LogP contribution < -0.4 is 0 Å². The number of hydrogen-bond acceptors (Lipinski definition) is 5. The van der Waals surface area contributed by atoms with Crippen LogP contribution in [-0.2, 0) is 9.53 Å². The molecule has 0 saturated carbocycles. The Bertz CT molecular complexity index is 688. The normalized spacial score (nSPS) is 19.8. The van der Waals surface area contributed by atoms with Gasteiger partial charge in [0.1, 0.15) is 23.4 Å². The third-order valence-corrected chi connectivity index (χ3v) is 4.03.